The highest BCUT2D eigenvalue weighted by Crippen LogP contribution is 2.15. The molecule has 0 spiro atoms. The quantitative estimate of drug-likeness (QED) is 0.474. The molecular formula is C5H2BrI2N. The Kier molecular flexibility index (Phi) is 3.16. The van der Waals surface area contributed by atoms with Crippen molar-refractivity contribution in [2.24, 2.45) is 0 Å². The van der Waals surface area contributed by atoms with E-state index in [0.717, 1.165) is 8.30 Å². The molecule has 0 saturated carbocycles. The zero-order valence-corrected chi connectivity index (χ0v) is 10.1. The highest BCUT2D eigenvalue weighted by Gasteiger charge is 1.95. The molecule has 0 unspecified atom stereocenters. The van der Waals surface area contributed by atoms with Crippen LogP contribution >= 0.6 is 61.1 Å². The van der Waals surface area contributed by atoms with E-state index in [1.54, 1.807) is 0 Å². The molecule has 0 saturated heterocycles. The van der Waals surface area contributed by atoms with Gasteiger partial charge in [0, 0.05) is 3.57 Å². The summed E-state index contributed by atoms with van der Waals surface area (Å²) in [5.74, 6) is 0. The minimum atomic E-state index is 0.896. The van der Waals surface area contributed by atoms with Crippen molar-refractivity contribution in [1.29, 1.82) is 0 Å². The first-order valence-corrected chi connectivity index (χ1v) is 5.13. The van der Waals surface area contributed by atoms with Crippen molar-refractivity contribution in [1.82, 2.24) is 4.98 Å². The summed E-state index contributed by atoms with van der Waals surface area (Å²) in [7, 11) is 0. The van der Waals surface area contributed by atoms with Crippen molar-refractivity contribution in [3.8, 4) is 0 Å². The Balaban J connectivity index is 3.17. The molecule has 0 amide bonds. The van der Waals surface area contributed by atoms with E-state index in [1.807, 2.05) is 12.1 Å². The van der Waals surface area contributed by atoms with Crippen LogP contribution in [0.5, 0.6) is 0 Å². The van der Waals surface area contributed by atoms with Gasteiger partial charge < -0.3 is 0 Å². The predicted octanol–water partition coefficient (Wildman–Crippen LogP) is 3.05. The summed E-state index contributed by atoms with van der Waals surface area (Å²) in [5.41, 5.74) is 0. The molecule has 0 fully saturated rings. The normalized spacial score (nSPS) is 9.67. The van der Waals surface area contributed by atoms with Gasteiger partial charge in [-0.3, -0.25) is 0 Å². The van der Waals surface area contributed by atoms with Crippen molar-refractivity contribution in [2.75, 3.05) is 0 Å². The highest BCUT2D eigenvalue weighted by molar-refractivity contribution is 14.1. The van der Waals surface area contributed by atoms with Crippen LogP contribution in [0.25, 0.3) is 0 Å². The van der Waals surface area contributed by atoms with E-state index in [2.05, 4.69) is 66.1 Å². The van der Waals surface area contributed by atoms with Crippen LogP contribution in [0.3, 0.4) is 0 Å². The molecule has 1 heterocycles. The maximum Gasteiger partial charge on any atom is 0.115 e. The van der Waals surface area contributed by atoms with Gasteiger partial charge in [-0.15, -0.1) is 0 Å². The Morgan fingerprint density at radius 1 is 1.33 bits per heavy atom. The SMILES string of the molecule is Brc1ccc(I)c(I)n1. The van der Waals surface area contributed by atoms with Gasteiger partial charge in [-0.1, -0.05) is 0 Å². The molecule has 48 valence electrons. The lowest BCUT2D eigenvalue weighted by molar-refractivity contribution is 1.21. The van der Waals surface area contributed by atoms with Crippen molar-refractivity contribution in [3.63, 3.8) is 0 Å². The monoisotopic (exact) mass is 409 g/mol. The van der Waals surface area contributed by atoms with Gasteiger partial charge in [0.15, 0.2) is 0 Å². The topological polar surface area (TPSA) is 12.9 Å². The van der Waals surface area contributed by atoms with Gasteiger partial charge >= 0.3 is 0 Å². The summed E-state index contributed by atoms with van der Waals surface area (Å²) in [6, 6.07) is 3.96. The standard InChI is InChI=1S/C5H2BrI2N/c6-4-2-1-3(7)5(8)9-4/h1-2H. The average Bonchev–Trinajstić information content (AvgIpc) is 1.80. The van der Waals surface area contributed by atoms with Crippen molar-refractivity contribution >= 4 is 61.1 Å². The van der Waals surface area contributed by atoms with Crippen molar-refractivity contribution < 1.29 is 0 Å². The van der Waals surface area contributed by atoms with Crippen LogP contribution in [0, 0.1) is 7.27 Å². The molecule has 1 aromatic rings. The zero-order chi connectivity index (χ0) is 6.85. The maximum atomic E-state index is 4.17. The number of nitrogens with zero attached hydrogens (tertiary/aromatic N) is 1. The second kappa shape index (κ2) is 3.47. The van der Waals surface area contributed by atoms with E-state index in [0.29, 0.717) is 0 Å². The van der Waals surface area contributed by atoms with Crippen molar-refractivity contribution in [2.45, 2.75) is 0 Å². The number of halogens is 3. The van der Waals surface area contributed by atoms with E-state index in [1.165, 1.54) is 3.57 Å². The van der Waals surface area contributed by atoms with E-state index in [-0.39, 0.29) is 0 Å². The fourth-order valence-electron chi connectivity index (χ4n) is 0.395. The van der Waals surface area contributed by atoms with Gasteiger partial charge in [-0.25, -0.2) is 4.98 Å². The van der Waals surface area contributed by atoms with Crippen LogP contribution in [-0.4, -0.2) is 4.98 Å². The van der Waals surface area contributed by atoms with E-state index < -0.39 is 0 Å². The summed E-state index contributed by atoms with van der Waals surface area (Å²) in [5, 5.41) is 0. The van der Waals surface area contributed by atoms with Gasteiger partial charge in [0.05, 0.1) is 0 Å². The molecule has 0 aliphatic rings. The smallest absolute Gasteiger partial charge is 0.115 e. The number of hydrogen-bond acceptors (Lipinski definition) is 1. The lowest BCUT2D eigenvalue weighted by Crippen LogP contribution is -1.84. The molecule has 0 aliphatic carbocycles. The summed E-state index contributed by atoms with van der Waals surface area (Å²) < 4.78 is 3.13. The second-order valence-corrected chi connectivity index (χ2v) is 4.40. The van der Waals surface area contributed by atoms with E-state index >= 15 is 0 Å². The minimum absolute atomic E-state index is 0.896. The van der Waals surface area contributed by atoms with Crippen LogP contribution in [0.15, 0.2) is 16.7 Å². The first-order valence-electron chi connectivity index (χ1n) is 2.17. The number of rotatable bonds is 0. The molecule has 9 heavy (non-hydrogen) atoms. The number of pyridine rings is 1. The third kappa shape index (κ3) is 2.30. The summed E-state index contributed by atoms with van der Waals surface area (Å²) in [4.78, 5) is 4.17. The Bertz CT molecular complexity index is 226. The first kappa shape index (κ1) is 8.19. The van der Waals surface area contributed by atoms with Gasteiger partial charge in [0.2, 0.25) is 0 Å². The van der Waals surface area contributed by atoms with Crippen molar-refractivity contribution in [3.05, 3.63) is 24.0 Å². The Labute approximate surface area is 89.0 Å². The second-order valence-electron chi connectivity index (χ2n) is 1.41. The van der Waals surface area contributed by atoms with E-state index in [4.69, 9.17) is 0 Å². The van der Waals surface area contributed by atoms with Crippen LogP contribution < -0.4 is 0 Å². The molecule has 1 nitrogen and oxygen atoms in total. The minimum Gasteiger partial charge on any atom is -0.234 e. The third-order valence-electron chi connectivity index (χ3n) is 0.769. The lowest BCUT2D eigenvalue weighted by atomic mass is 10.5. The molecule has 0 bridgehead atoms. The van der Waals surface area contributed by atoms with Gasteiger partial charge in [-0.05, 0) is 73.2 Å². The zero-order valence-electron chi connectivity index (χ0n) is 4.24. The first-order chi connectivity index (χ1) is 4.20. The van der Waals surface area contributed by atoms with Crippen LogP contribution in [0.2, 0.25) is 0 Å². The summed E-state index contributed by atoms with van der Waals surface area (Å²) in [6.45, 7) is 0. The fraction of sp³-hybridized carbons (Fsp3) is 0. The van der Waals surface area contributed by atoms with E-state index in [9.17, 15) is 0 Å². The molecule has 0 radical (unpaired) electrons. The van der Waals surface area contributed by atoms with Crippen LogP contribution in [-0.2, 0) is 0 Å². The third-order valence-corrected chi connectivity index (χ3v) is 3.94. The van der Waals surface area contributed by atoms with Gasteiger partial charge in [0.25, 0.3) is 0 Å². The molecule has 0 atom stereocenters. The lowest BCUT2D eigenvalue weighted by Gasteiger charge is -1.93. The van der Waals surface area contributed by atoms with Crippen LogP contribution in [0.1, 0.15) is 0 Å². The van der Waals surface area contributed by atoms with Gasteiger partial charge in [0.1, 0.15) is 8.30 Å². The maximum absolute atomic E-state index is 4.17. The number of hydrogen-bond donors (Lipinski definition) is 0. The molecule has 1 aromatic heterocycles. The fourth-order valence-corrected chi connectivity index (χ4v) is 1.78. The molecule has 0 N–H and O–H groups in total. The molecule has 1 rings (SSSR count). The van der Waals surface area contributed by atoms with Gasteiger partial charge in [-0.2, -0.15) is 0 Å². The Morgan fingerprint density at radius 3 is 2.44 bits per heavy atom. The summed E-state index contributed by atoms with van der Waals surface area (Å²) >= 11 is 7.73. The highest BCUT2D eigenvalue weighted by atomic mass is 127. The molecule has 0 aromatic carbocycles. The molecule has 0 aliphatic heterocycles. The number of aromatic nitrogens is 1. The predicted molar refractivity (Wildman–Crippen MR) is 57.4 cm³/mol. The Morgan fingerprint density at radius 2 is 2.00 bits per heavy atom. The molecular weight excluding hydrogens is 408 g/mol. The Hall–Kier alpha value is 1.09. The largest absolute Gasteiger partial charge is 0.234 e. The summed E-state index contributed by atoms with van der Waals surface area (Å²) in [6.07, 6.45) is 0. The average molecular weight is 410 g/mol. The molecule has 4 heteroatoms. The van der Waals surface area contributed by atoms with Crippen LogP contribution in [0.4, 0.5) is 0 Å².